The molecule has 132 valence electrons. The molecule has 1 heterocycles. The van der Waals surface area contributed by atoms with Crippen molar-refractivity contribution in [3.8, 4) is 17.3 Å². The molecule has 1 N–H and O–H groups in total. The van der Waals surface area contributed by atoms with Crippen molar-refractivity contribution in [1.29, 1.82) is 5.26 Å². The lowest BCUT2D eigenvalue weighted by atomic mass is 10.1. The molecule has 1 aromatic heterocycles. The molecule has 0 saturated carbocycles. The summed E-state index contributed by atoms with van der Waals surface area (Å²) in [6, 6.07) is 20.9. The number of nitrogens with zero attached hydrogens (tertiary/aromatic N) is 3. The van der Waals surface area contributed by atoms with Gasteiger partial charge in [-0.3, -0.25) is 4.68 Å². The summed E-state index contributed by atoms with van der Waals surface area (Å²) >= 11 is 0. The Labute approximate surface area is 155 Å². The Morgan fingerprint density at radius 3 is 2.58 bits per heavy atom. The van der Waals surface area contributed by atoms with Crippen LogP contribution in [-0.2, 0) is 19.5 Å². The van der Waals surface area contributed by atoms with Gasteiger partial charge in [0.1, 0.15) is 0 Å². The second-order valence-corrected chi connectivity index (χ2v) is 6.39. The fourth-order valence-electron chi connectivity index (χ4n) is 3.05. The van der Waals surface area contributed by atoms with Crippen LogP contribution in [0, 0.1) is 18.3 Å². The smallest absolute Gasteiger partial charge is 0.0968 e. The third kappa shape index (κ3) is 4.59. The molecule has 0 amide bonds. The molecule has 0 aliphatic heterocycles. The van der Waals surface area contributed by atoms with Crippen LogP contribution >= 0.6 is 0 Å². The van der Waals surface area contributed by atoms with Crippen LogP contribution in [0.4, 0.5) is 0 Å². The van der Waals surface area contributed by atoms with Crippen molar-refractivity contribution in [3.05, 3.63) is 77.5 Å². The lowest BCUT2D eigenvalue weighted by molar-refractivity contribution is 0.627. The van der Waals surface area contributed by atoms with Crippen molar-refractivity contribution in [2.24, 2.45) is 0 Å². The summed E-state index contributed by atoms with van der Waals surface area (Å²) in [5.41, 5.74) is 5.99. The number of aryl methyl sites for hydroxylation is 2. The van der Waals surface area contributed by atoms with Gasteiger partial charge < -0.3 is 5.32 Å². The van der Waals surface area contributed by atoms with Gasteiger partial charge in [-0.2, -0.15) is 10.4 Å². The molecule has 0 radical (unpaired) electrons. The largest absolute Gasteiger partial charge is 0.312 e. The zero-order valence-electron chi connectivity index (χ0n) is 15.2. The zero-order valence-corrected chi connectivity index (χ0v) is 15.2. The Kier molecular flexibility index (Phi) is 6.19. The third-order valence-corrected chi connectivity index (χ3v) is 4.49. The summed E-state index contributed by atoms with van der Waals surface area (Å²) in [4.78, 5) is 0. The summed E-state index contributed by atoms with van der Waals surface area (Å²) in [5.74, 6) is 0. The molecule has 2 aromatic carbocycles. The summed E-state index contributed by atoms with van der Waals surface area (Å²) in [6.07, 6.45) is 3.53. The standard InChI is InChI=1S/C22H24N4/c1-18-8-5-6-9-19(18)12-14-24-16-21-17-26(15-7-13-23)25-22(21)20-10-3-2-4-11-20/h2-6,8-11,17,24H,7,12,14-16H2,1H3. The van der Waals surface area contributed by atoms with Gasteiger partial charge in [-0.05, 0) is 31.0 Å². The van der Waals surface area contributed by atoms with E-state index in [1.807, 2.05) is 22.9 Å². The van der Waals surface area contributed by atoms with Gasteiger partial charge in [-0.25, -0.2) is 0 Å². The van der Waals surface area contributed by atoms with Gasteiger partial charge in [0.25, 0.3) is 0 Å². The highest BCUT2D eigenvalue weighted by Crippen LogP contribution is 2.22. The number of hydrogen-bond donors (Lipinski definition) is 1. The lowest BCUT2D eigenvalue weighted by Gasteiger charge is -2.07. The molecule has 0 atom stereocenters. The van der Waals surface area contributed by atoms with Crippen LogP contribution < -0.4 is 5.32 Å². The quantitative estimate of drug-likeness (QED) is 0.626. The van der Waals surface area contributed by atoms with Crippen LogP contribution in [0.25, 0.3) is 11.3 Å². The van der Waals surface area contributed by atoms with E-state index in [1.54, 1.807) is 0 Å². The van der Waals surface area contributed by atoms with Crippen LogP contribution in [0.2, 0.25) is 0 Å². The first-order valence-electron chi connectivity index (χ1n) is 9.02. The topological polar surface area (TPSA) is 53.6 Å². The van der Waals surface area contributed by atoms with Crippen LogP contribution in [0.3, 0.4) is 0 Å². The SMILES string of the molecule is Cc1ccccc1CCNCc1cn(CCC#N)nc1-c1ccccc1. The maximum Gasteiger partial charge on any atom is 0.0968 e. The highest BCUT2D eigenvalue weighted by molar-refractivity contribution is 5.62. The molecule has 3 aromatic rings. The van der Waals surface area contributed by atoms with Crippen LogP contribution in [0.5, 0.6) is 0 Å². The Morgan fingerprint density at radius 2 is 1.81 bits per heavy atom. The van der Waals surface area contributed by atoms with Gasteiger partial charge >= 0.3 is 0 Å². The summed E-state index contributed by atoms with van der Waals surface area (Å²) in [5, 5.41) is 17.1. The Bertz CT molecular complexity index is 875. The Balaban J connectivity index is 1.67. The number of benzene rings is 2. The minimum Gasteiger partial charge on any atom is -0.312 e. The van der Waals surface area contributed by atoms with E-state index in [1.165, 1.54) is 16.7 Å². The van der Waals surface area contributed by atoms with Gasteiger partial charge in [0, 0.05) is 23.9 Å². The second kappa shape index (κ2) is 8.98. The van der Waals surface area contributed by atoms with Crippen LogP contribution in [0.1, 0.15) is 23.1 Å². The van der Waals surface area contributed by atoms with E-state index in [0.717, 1.165) is 30.8 Å². The van der Waals surface area contributed by atoms with Crippen molar-refractivity contribution in [2.75, 3.05) is 6.54 Å². The zero-order chi connectivity index (χ0) is 18.2. The van der Waals surface area contributed by atoms with Crippen LogP contribution in [0.15, 0.2) is 60.8 Å². The monoisotopic (exact) mass is 344 g/mol. The number of nitrogens with one attached hydrogen (secondary N) is 1. The molecule has 0 aliphatic rings. The van der Waals surface area contributed by atoms with Gasteiger partial charge in [0.2, 0.25) is 0 Å². The molecule has 3 rings (SSSR count). The van der Waals surface area contributed by atoms with E-state index in [0.29, 0.717) is 13.0 Å². The molecule has 0 unspecified atom stereocenters. The number of rotatable bonds is 8. The minimum atomic E-state index is 0.468. The average Bonchev–Trinajstić information content (AvgIpc) is 3.08. The Morgan fingerprint density at radius 1 is 1.04 bits per heavy atom. The van der Waals surface area contributed by atoms with Crippen LogP contribution in [-0.4, -0.2) is 16.3 Å². The molecule has 0 bridgehead atoms. The first-order chi connectivity index (χ1) is 12.8. The molecule has 0 aliphatic carbocycles. The van der Waals surface area contributed by atoms with Gasteiger partial charge in [-0.15, -0.1) is 0 Å². The van der Waals surface area contributed by atoms with E-state index in [9.17, 15) is 0 Å². The maximum atomic E-state index is 8.82. The molecule has 0 saturated heterocycles. The van der Waals surface area contributed by atoms with Crippen molar-refractivity contribution in [3.63, 3.8) is 0 Å². The molecule has 0 spiro atoms. The van der Waals surface area contributed by atoms with Gasteiger partial charge in [0.05, 0.1) is 24.7 Å². The maximum absolute atomic E-state index is 8.82. The van der Waals surface area contributed by atoms with E-state index in [4.69, 9.17) is 10.4 Å². The first kappa shape index (κ1) is 17.9. The van der Waals surface area contributed by atoms with Crippen molar-refractivity contribution in [1.82, 2.24) is 15.1 Å². The summed E-state index contributed by atoms with van der Waals surface area (Å²) in [7, 11) is 0. The van der Waals surface area contributed by atoms with E-state index < -0.39 is 0 Å². The number of hydrogen-bond acceptors (Lipinski definition) is 3. The Hall–Kier alpha value is -2.90. The predicted octanol–water partition coefficient (Wildman–Crippen LogP) is 4.10. The molecule has 26 heavy (non-hydrogen) atoms. The average molecular weight is 344 g/mol. The fraction of sp³-hybridized carbons (Fsp3) is 0.273. The summed E-state index contributed by atoms with van der Waals surface area (Å²) in [6.45, 7) is 4.47. The van der Waals surface area contributed by atoms with Crippen molar-refractivity contribution >= 4 is 0 Å². The molecular weight excluding hydrogens is 320 g/mol. The van der Waals surface area contributed by atoms with E-state index in [-0.39, 0.29) is 0 Å². The third-order valence-electron chi connectivity index (χ3n) is 4.49. The normalized spacial score (nSPS) is 10.6. The highest BCUT2D eigenvalue weighted by Gasteiger charge is 2.11. The predicted molar refractivity (Wildman–Crippen MR) is 104 cm³/mol. The lowest BCUT2D eigenvalue weighted by Crippen LogP contribution is -2.17. The molecule has 4 nitrogen and oxygen atoms in total. The number of aromatic nitrogens is 2. The summed E-state index contributed by atoms with van der Waals surface area (Å²) < 4.78 is 1.88. The van der Waals surface area contributed by atoms with Gasteiger partial charge in [0.15, 0.2) is 0 Å². The van der Waals surface area contributed by atoms with Crippen molar-refractivity contribution in [2.45, 2.75) is 32.9 Å². The van der Waals surface area contributed by atoms with E-state index >= 15 is 0 Å². The van der Waals surface area contributed by atoms with Crippen molar-refractivity contribution < 1.29 is 0 Å². The van der Waals surface area contributed by atoms with E-state index in [2.05, 4.69) is 60.9 Å². The highest BCUT2D eigenvalue weighted by atomic mass is 15.3. The first-order valence-corrected chi connectivity index (χ1v) is 9.02. The van der Waals surface area contributed by atoms with Gasteiger partial charge in [-0.1, -0.05) is 54.6 Å². The molecular formula is C22H24N4. The second-order valence-electron chi connectivity index (χ2n) is 6.39. The fourth-order valence-corrected chi connectivity index (χ4v) is 3.05. The number of nitriles is 1. The molecule has 0 fully saturated rings. The molecule has 4 heteroatoms. The minimum absolute atomic E-state index is 0.468.